The van der Waals surface area contributed by atoms with E-state index in [-0.39, 0.29) is 27.2 Å². The van der Waals surface area contributed by atoms with Crippen LogP contribution in [0.3, 0.4) is 0 Å². The molecule has 158 valence electrons. The zero-order chi connectivity index (χ0) is 21.4. The summed E-state index contributed by atoms with van der Waals surface area (Å²) < 4.78 is 79.0. The average Bonchev–Trinajstić information content (AvgIpc) is 3.17. The Kier molecular flexibility index (Phi) is 6.16. The summed E-state index contributed by atoms with van der Waals surface area (Å²) in [5, 5.41) is 0. The van der Waals surface area contributed by atoms with Gasteiger partial charge in [-0.25, -0.2) is 8.42 Å². The van der Waals surface area contributed by atoms with Crippen LogP contribution in [0.2, 0.25) is 0 Å². The Balaban J connectivity index is 2.09. The van der Waals surface area contributed by atoms with Crippen LogP contribution in [0.4, 0.5) is 13.2 Å². The molecule has 0 bridgehead atoms. The third kappa shape index (κ3) is 4.10. The van der Waals surface area contributed by atoms with Crippen molar-refractivity contribution in [2.24, 2.45) is 0 Å². The van der Waals surface area contributed by atoms with Crippen LogP contribution in [0.15, 0.2) is 45.8 Å². The molecule has 10 heteroatoms. The van der Waals surface area contributed by atoms with Crippen molar-refractivity contribution in [2.45, 2.75) is 30.0 Å². The molecular formula is C19H19BrF3NO4S. The van der Waals surface area contributed by atoms with Crippen LogP contribution in [0, 0.1) is 0 Å². The molecule has 1 unspecified atom stereocenters. The minimum atomic E-state index is -4.57. The van der Waals surface area contributed by atoms with Gasteiger partial charge in [-0.05, 0) is 46.5 Å². The lowest BCUT2D eigenvalue weighted by atomic mass is 9.99. The molecule has 0 aromatic heterocycles. The molecule has 0 N–H and O–H groups in total. The normalized spacial score (nSPS) is 18.1. The largest absolute Gasteiger partial charge is 0.493 e. The molecule has 5 nitrogen and oxygen atoms in total. The van der Waals surface area contributed by atoms with Crippen LogP contribution in [-0.4, -0.2) is 33.5 Å². The minimum absolute atomic E-state index is 0.0438. The van der Waals surface area contributed by atoms with Crippen LogP contribution < -0.4 is 9.47 Å². The van der Waals surface area contributed by atoms with Gasteiger partial charge in [-0.15, -0.1) is 0 Å². The Hall–Kier alpha value is -1.78. The number of rotatable bonds is 5. The van der Waals surface area contributed by atoms with E-state index in [0.29, 0.717) is 18.6 Å². The SMILES string of the molecule is COc1cc(Br)c(S(=O)(=O)N2CCCC2c2ccccc2C(F)(F)F)cc1OC. The summed E-state index contributed by atoms with van der Waals surface area (Å²) in [5.74, 6) is 0.541. The summed E-state index contributed by atoms with van der Waals surface area (Å²) in [5.41, 5.74) is -0.865. The summed E-state index contributed by atoms with van der Waals surface area (Å²) >= 11 is 3.24. The number of methoxy groups -OCH3 is 2. The van der Waals surface area contributed by atoms with E-state index in [4.69, 9.17) is 9.47 Å². The van der Waals surface area contributed by atoms with E-state index in [1.54, 1.807) is 0 Å². The van der Waals surface area contributed by atoms with Crippen LogP contribution in [-0.2, 0) is 16.2 Å². The van der Waals surface area contributed by atoms with Crippen LogP contribution >= 0.6 is 15.9 Å². The van der Waals surface area contributed by atoms with Crippen LogP contribution in [0.5, 0.6) is 11.5 Å². The van der Waals surface area contributed by atoms with Gasteiger partial charge < -0.3 is 9.47 Å². The van der Waals surface area contributed by atoms with E-state index < -0.39 is 27.8 Å². The fourth-order valence-electron chi connectivity index (χ4n) is 3.54. The van der Waals surface area contributed by atoms with Gasteiger partial charge in [0.05, 0.1) is 25.8 Å². The number of nitrogens with zero attached hydrogens (tertiary/aromatic N) is 1. The Morgan fingerprint density at radius 3 is 2.34 bits per heavy atom. The van der Waals surface area contributed by atoms with Crippen molar-refractivity contribution < 1.29 is 31.1 Å². The first-order chi connectivity index (χ1) is 13.6. The fraction of sp³-hybridized carbons (Fsp3) is 0.368. The van der Waals surface area contributed by atoms with Gasteiger partial charge in [-0.2, -0.15) is 17.5 Å². The zero-order valence-electron chi connectivity index (χ0n) is 15.7. The van der Waals surface area contributed by atoms with Crippen LogP contribution in [0.1, 0.15) is 30.0 Å². The van der Waals surface area contributed by atoms with Gasteiger partial charge in [-0.1, -0.05) is 18.2 Å². The van der Waals surface area contributed by atoms with E-state index in [1.165, 1.54) is 44.6 Å². The molecule has 2 aromatic carbocycles. The lowest BCUT2D eigenvalue weighted by Crippen LogP contribution is -2.32. The minimum Gasteiger partial charge on any atom is -0.493 e. The molecule has 29 heavy (non-hydrogen) atoms. The maximum atomic E-state index is 13.5. The van der Waals surface area contributed by atoms with Crippen molar-refractivity contribution in [1.82, 2.24) is 4.31 Å². The highest BCUT2D eigenvalue weighted by Crippen LogP contribution is 2.44. The van der Waals surface area contributed by atoms with E-state index in [2.05, 4.69) is 15.9 Å². The van der Waals surface area contributed by atoms with E-state index in [9.17, 15) is 21.6 Å². The van der Waals surface area contributed by atoms with Crippen molar-refractivity contribution in [3.63, 3.8) is 0 Å². The molecule has 0 spiro atoms. The topological polar surface area (TPSA) is 55.8 Å². The second-order valence-electron chi connectivity index (χ2n) is 6.50. The van der Waals surface area contributed by atoms with Gasteiger partial charge in [-0.3, -0.25) is 0 Å². The van der Waals surface area contributed by atoms with E-state index in [0.717, 1.165) is 10.4 Å². The van der Waals surface area contributed by atoms with Gasteiger partial charge in [0.15, 0.2) is 11.5 Å². The van der Waals surface area contributed by atoms with Gasteiger partial charge >= 0.3 is 6.18 Å². The molecule has 0 radical (unpaired) electrons. The van der Waals surface area contributed by atoms with Gasteiger partial charge in [0.1, 0.15) is 4.90 Å². The number of hydrogen-bond acceptors (Lipinski definition) is 4. The highest BCUT2D eigenvalue weighted by Gasteiger charge is 2.42. The van der Waals surface area contributed by atoms with Crippen LogP contribution in [0.25, 0.3) is 0 Å². The Morgan fingerprint density at radius 2 is 1.72 bits per heavy atom. The molecule has 0 saturated carbocycles. The summed E-state index contributed by atoms with van der Waals surface area (Å²) in [7, 11) is -1.31. The molecule has 0 amide bonds. The van der Waals surface area contributed by atoms with Crippen molar-refractivity contribution in [2.75, 3.05) is 20.8 Å². The van der Waals surface area contributed by atoms with Crippen molar-refractivity contribution in [3.05, 3.63) is 52.0 Å². The van der Waals surface area contributed by atoms with Gasteiger partial charge in [0.2, 0.25) is 10.0 Å². The number of ether oxygens (including phenoxy) is 2. The molecule has 1 saturated heterocycles. The average molecular weight is 494 g/mol. The predicted molar refractivity (Wildman–Crippen MR) is 105 cm³/mol. The van der Waals surface area contributed by atoms with E-state index in [1.807, 2.05) is 0 Å². The maximum absolute atomic E-state index is 13.5. The van der Waals surface area contributed by atoms with Crippen molar-refractivity contribution in [3.8, 4) is 11.5 Å². The summed E-state index contributed by atoms with van der Waals surface area (Å²) in [6.45, 7) is 0.125. The van der Waals surface area contributed by atoms with Gasteiger partial charge in [0, 0.05) is 17.1 Å². The summed E-state index contributed by atoms with van der Waals surface area (Å²) in [4.78, 5) is -0.0912. The molecule has 3 rings (SSSR count). The highest BCUT2D eigenvalue weighted by atomic mass is 79.9. The first-order valence-corrected chi connectivity index (χ1v) is 10.9. The van der Waals surface area contributed by atoms with Crippen molar-refractivity contribution >= 4 is 26.0 Å². The molecule has 1 atom stereocenters. The second-order valence-corrected chi connectivity index (χ2v) is 9.21. The third-order valence-corrected chi connectivity index (χ3v) is 7.72. The Bertz CT molecular complexity index is 1010. The zero-order valence-corrected chi connectivity index (χ0v) is 18.1. The number of sulfonamides is 1. The molecule has 1 heterocycles. The maximum Gasteiger partial charge on any atom is 0.416 e. The third-order valence-electron chi connectivity index (χ3n) is 4.85. The smallest absolute Gasteiger partial charge is 0.416 e. The quantitative estimate of drug-likeness (QED) is 0.587. The first-order valence-electron chi connectivity index (χ1n) is 8.70. The number of alkyl halides is 3. The Morgan fingerprint density at radius 1 is 1.10 bits per heavy atom. The number of benzene rings is 2. The highest BCUT2D eigenvalue weighted by molar-refractivity contribution is 9.10. The lowest BCUT2D eigenvalue weighted by molar-refractivity contribution is -0.138. The molecular weight excluding hydrogens is 475 g/mol. The van der Waals surface area contributed by atoms with E-state index >= 15 is 0 Å². The lowest BCUT2D eigenvalue weighted by Gasteiger charge is -2.27. The molecule has 0 aliphatic carbocycles. The number of halogens is 4. The predicted octanol–water partition coefficient (Wildman–Crippen LogP) is 5.01. The molecule has 1 aliphatic heterocycles. The molecule has 1 fully saturated rings. The van der Waals surface area contributed by atoms with Gasteiger partial charge in [0.25, 0.3) is 0 Å². The summed E-state index contributed by atoms with van der Waals surface area (Å²) in [6.07, 6.45) is -3.81. The molecule has 1 aliphatic rings. The Labute approximate surface area is 175 Å². The fourth-order valence-corrected chi connectivity index (χ4v) is 6.22. The second kappa shape index (κ2) is 8.16. The first kappa shape index (κ1) is 21.9. The number of hydrogen-bond donors (Lipinski definition) is 0. The molecule has 2 aromatic rings. The standard InChI is InChI=1S/C19H19BrF3NO4S/c1-27-16-10-14(20)18(11-17(16)28-2)29(25,26)24-9-5-8-15(24)12-6-3-4-7-13(12)19(21,22)23/h3-4,6-7,10-11,15H,5,8-9H2,1-2H3. The van der Waals surface area contributed by atoms with Crippen molar-refractivity contribution in [1.29, 1.82) is 0 Å². The monoisotopic (exact) mass is 493 g/mol. The summed E-state index contributed by atoms with van der Waals surface area (Å²) in [6, 6.07) is 6.96.